The highest BCUT2D eigenvalue weighted by molar-refractivity contribution is 5.57. The second-order valence-corrected chi connectivity index (χ2v) is 4.60. The van der Waals surface area contributed by atoms with Gasteiger partial charge in [0.15, 0.2) is 0 Å². The molecule has 0 saturated heterocycles. The van der Waals surface area contributed by atoms with Gasteiger partial charge in [0.2, 0.25) is 0 Å². The normalized spacial score (nSPS) is 13.3. The van der Waals surface area contributed by atoms with Crippen molar-refractivity contribution in [1.29, 1.82) is 0 Å². The number of benzene rings is 1. The van der Waals surface area contributed by atoms with Gasteiger partial charge in [-0.1, -0.05) is 6.07 Å². The zero-order valence-corrected chi connectivity index (χ0v) is 11.9. The number of hydrogen-bond acceptors (Lipinski definition) is 3. The first kappa shape index (κ1) is 16.8. The highest BCUT2D eigenvalue weighted by atomic mass is 19.4. The van der Waals surface area contributed by atoms with Crippen LogP contribution in [0.15, 0.2) is 18.2 Å². The summed E-state index contributed by atoms with van der Waals surface area (Å²) in [4.78, 5) is 1.65. The van der Waals surface area contributed by atoms with Crippen molar-refractivity contribution < 1.29 is 23.0 Å². The van der Waals surface area contributed by atoms with Crippen LogP contribution in [-0.4, -0.2) is 31.4 Å². The van der Waals surface area contributed by atoms with E-state index in [4.69, 9.17) is 9.84 Å². The number of hydrogen-bond donors (Lipinski definition) is 1. The maximum Gasteiger partial charge on any atom is 0.418 e. The van der Waals surface area contributed by atoms with E-state index >= 15 is 0 Å². The summed E-state index contributed by atoms with van der Waals surface area (Å²) in [6.07, 6.45) is -4.46. The molecule has 0 radical (unpaired) electrons. The lowest BCUT2D eigenvalue weighted by molar-refractivity contribution is -0.137. The van der Waals surface area contributed by atoms with E-state index < -0.39 is 18.3 Å². The molecule has 1 N–H and O–H groups in total. The Morgan fingerprint density at radius 2 is 2.00 bits per heavy atom. The van der Waals surface area contributed by atoms with Crippen molar-refractivity contribution in [3.05, 3.63) is 29.3 Å². The number of likely N-dealkylation sites (N-methyl/N-ethyl adjacent to an activating group) is 1. The molecule has 0 heterocycles. The van der Waals surface area contributed by atoms with Crippen LogP contribution in [0.25, 0.3) is 0 Å². The SMILES string of the molecule is CCN(c1ccc(CO)cc1C(F)(F)F)C(C)COC. The summed E-state index contributed by atoms with van der Waals surface area (Å²) in [6, 6.07) is 3.74. The van der Waals surface area contributed by atoms with Crippen LogP contribution in [0.5, 0.6) is 0 Å². The van der Waals surface area contributed by atoms with E-state index in [2.05, 4.69) is 0 Å². The quantitative estimate of drug-likeness (QED) is 0.874. The van der Waals surface area contributed by atoms with Gasteiger partial charge in [-0.15, -0.1) is 0 Å². The maximum absolute atomic E-state index is 13.2. The van der Waals surface area contributed by atoms with Crippen LogP contribution in [0.3, 0.4) is 0 Å². The Labute approximate surface area is 117 Å². The van der Waals surface area contributed by atoms with E-state index in [1.165, 1.54) is 19.2 Å². The van der Waals surface area contributed by atoms with Crippen LogP contribution in [0.2, 0.25) is 0 Å². The number of anilines is 1. The van der Waals surface area contributed by atoms with Gasteiger partial charge in [-0.05, 0) is 31.5 Å². The van der Waals surface area contributed by atoms with Crippen LogP contribution in [0.1, 0.15) is 25.0 Å². The minimum absolute atomic E-state index is 0.113. The van der Waals surface area contributed by atoms with Crippen LogP contribution in [0, 0.1) is 0 Å². The van der Waals surface area contributed by atoms with Gasteiger partial charge in [-0.3, -0.25) is 0 Å². The number of halogens is 3. The van der Waals surface area contributed by atoms with Gasteiger partial charge in [0.1, 0.15) is 0 Å². The Morgan fingerprint density at radius 1 is 1.35 bits per heavy atom. The fourth-order valence-electron chi connectivity index (χ4n) is 2.21. The van der Waals surface area contributed by atoms with Gasteiger partial charge >= 0.3 is 6.18 Å². The number of rotatable bonds is 6. The number of ether oxygens (including phenoxy) is 1. The zero-order chi connectivity index (χ0) is 15.3. The van der Waals surface area contributed by atoms with Crippen molar-refractivity contribution in [2.75, 3.05) is 25.2 Å². The van der Waals surface area contributed by atoms with E-state index in [1.54, 1.807) is 11.8 Å². The summed E-state index contributed by atoms with van der Waals surface area (Å²) < 4.78 is 44.5. The van der Waals surface area contributed by atoms with E-state index in [9.17, 15) is 13.2 Å². The topological polar surface area (TPSA) is 32.7 Å². The molecule has 0 spiro atoms. The van der Waals surface area contributed by atoms with Crippen LogP contribution in [0.4, 0.5) is 18.9 Å². The molecule has 3 nitrogen and oxygen atoms in total. The molecule has 0 fully saturated rings. The minimum Gasteiger partial charge on any atom is -0.392 e. The van der Waals surface area contributed by atoms with Crippen molar-refractivity contribution in [1.82, 2.24) is 0 Å². The third-order valence-corrected chi connectivity index (χ3v) is 3.14. The second-order valence-electron chi connectivity index (χ2n) is 4.60. The highest BCUT2D eigenvalue weighted by Crippen LogP contribution is 2.38. The lowest BCUT2D eigenvalue weighted by Crippen LogP contribution is -2.37. The molecule has 114 valence electrons. The van der Waals surface area contributed by atoms with Crippen LogP contribution in [-0.2, 0) is 17.5 Å². The lowest BCUT2D eigenvalue weighted by atomic mass is 10.1. The van der Waals surface area contributed by atoms with Crippen LogP contribution >= 0.6 is 0 Å². The highest BCUT2D eigenvalue weighted by Gasteiger charge is 2.35. The van der Waals surface area contributed by atoms with Gasteiger partial charge in [0, 0.05) is 25.4 Å². The van der Waals surface area contributed by atoms with Crippen molar-refractivity contribution >= 4 is 5.69 Å². The molecule has 20 heavy (non-hydrogen) atoms. The molecule has 0 aliphatic carbocycles. The van der Waals surface area contributed by atoms with Gasteiger partial charge in [-0.2, -0.15) is 13.2 Å². The Balaban J connectivity index is 3.27. The smallest absolute Gasteiger partial charge is 0.392 e. The monoisotopic (exact) mass is 291 g/mol. The fraction of sp³-hybridized carbons (Fsp3) is 0.571. The van der Waals surface area contributed by atoms with Crippen LogP contribution < -0.4 is 4.90 Å². The summed E-state index contributed by atoms with van der Waals surface area (Å²) in [5.74, 6) is 0. The molecule has 1 unspecified atom stereocenters. The summed E-state index contributed by atoms with van der Waals surface area (Å²) in [6.45, 7) is 3.97. The standard InChI is InChI=1S/C14H20F3NO2/c1-4-18(10(2)9-20-3)13-6-5-11(8-19)7-12(13)14(15,16)17/h5-7,10,19H,4,8-9H2,1-3H3. The average molecular weight is 291 g/mol. The van der Waals surface area contributed by atoms with E-state index in [0.29, 0.717) is 13.2 Å². The Morgan fingerprint density at radius 3 is 2.45 bits per heavy atom. The molecular formula is C14H20F3NO2. The van der Waals surface area contributed by atoms with Gasteiger partial charge in [-0.25, -0.2) is 0 Å². The zero-order valence-electron chi connectivity index (χ0n) is 11.9. The molecule has 0 aromatic heterocycles. The first-order valence-corrected chi connectivity index (χ1v) is 6.41. The van der Waals surface area contributed by atoms with Gasteiger partial charge < -0.3 is 14.7 Å². The summed E-state index contributed by atoms with van der Waals surface area (Å²) in [5, 5.41) is 9.01. The van der Waals surface area contributed by atoms with E-state index in [-0.39, 0.29) is 17.3 Å². The molecule has 0 saturated carbocycles. The molecule has 0 aliphatic heterocycles. The number of methoxy groups -OCH3 is 1. The minimum atomic E-state index is -4.46. The average Bonchev–Trinajstić information content (AvgIpc) is 2.39. The molecular weight excluding hydrogens is 271 g/mol. The number of nitrogens with zero attached hydrogens (tertiary/aromatic N) is 1. The lowest BCUT2D eigenvalue weighted by Gasteiger charge is -2.32. The molecule has 0 aliphatic rings. The maximum atomic E-state index is 13.2. The van der Waals surface area contributed by atoms with Crippen molar-refractivity contribution in [3.8, 4) is 0 Å². The third kappa shape index (κ3) is 3.86. The summed E-state index contributed by atoms with van der Waals surface area (Å²) in [7, 11) is 1.52. The largest absolute Gasteiger partial charge is 0.418 e. The Hall–Kier alpha value is -1.27. The number of aliphatic hydroxyl groups excluding tert-OH is 1. The molecule has 1 aromatic carbocycles. The van der Waals surface area contributed by atoms with E-state index in [0.717, 1.165) is 6.07 Å². The van der Waals surface area contributed by atoms with Crippen molar-refractivity contribution in [2.45, 2.75) is 32.7 Å². The summed E-state index contributed by atoms with van der Waals surface area (Å²) >= 11 is 0. The molecule has 0 bridgehead atoms. The fourth-order valence-corrected chi connectivity index (χ4v) is 2.21. The third-order valence-electron chi connectivity index (χ3n) is 3.14. The number of alkyl halides is 3. The van der Waals surface area contributed by atoms with Crippen molar-refractivity contribution in [2.24, 2.45) is 0 Å². The second kappa shape index (κ2) is 6.95. The first-order chi connectivity index (χ1) is 9.35. The molecule has 1 aromatic rings. The van der Waals surface area contributed by atoms with Gasteiger partial charge in [0.05, 0.1) is 18.8 Å². The molecule has 0 amide bonds. The number of aliphatic hydroxyl groups is 1. The summed E-state index contributed by atoms with van der Waals surface area (Å²) in [5.41, 5.74) is -0.368. The molecule has 1 rings (SSSR count). The van der Waals surface area contributed by atoms with Gasteiger partial charge in [0.25, 0.3) is 0 Å². The Bertz CT molecular complexity index is 435. The predicted octanol–water partition coefficient (Wildman–Crippen LogP) is 3.06. The Kier molecular flexibility index (Phi) is 5.83. The van der Waals surface area contributed by atoms with E-state index in [1.807, 2.05) is 6.92 Å². The first-order valence-electron chi connectivity index (χ1n) is 6.41. The molecule has 6 heteroatoms. The van der Waals surface area contributed by atoms with Crippen molar-refractivity contribution in [3.63, 3.8) is 0 Å². The molecule has 1 atom stereocenters. The predicted molar refractivity (Wildman–Crippen MR) is 71.7 cm³/mol.